The van der Waals surface area contributed by atoms with Gasteiger partial charge in [0.25, 0.3) is 11.8 Å². The molecule has 0 aliphatic rings. The molecular formula is C28H21Cl2FN4O2. The molecule has 3 aromatic carbocycles. The van der Waals surface area contributed by atoms with Gasteiger partial charge in [-0.25, -0.2) is 9.07 Å². The summed E-state index contributed by atoms with van der Waals surface area (Å²) in [6.07, 6.45) is 4.74. The number of aromatic nitrogens is 2. The number of halogens is 3. The molecule has 6 nitrogen and oxygen atoms in total. The van der Waals surface area contributed by atoms with Gasteiger partial charge in [-0.3, -0.25) is 9.59 Å². The second-order valence-electron chi connectivity index (χ2n) is 7.86. The molecule has 0 saturated carbocycles. The molecule has 2 N–H and O–H groups in total. The largest absolute Gasteiger partial charge is 0.347 e. The normalized spacial score (nSPS) is 11.2. The van der Waals surface area contributed by atoms with E-state index in [0.29, 0.717) is 21.8 Å². The number of rotatable bonds is 8. The molecule has 9 heteroatoms. The van der Waals surface area contributed by atoms with Gasteiger partial charge in [-0.1, -0.05) is 47.5 Å². The number of hydrogen-bond acceptors (Lipinski definition) is 3. The van der Waals surface area contributed by atoms with Crippen molar-refractivity contribution < 1.29 is 14.0 Å². The molecule has 4 rings (SSSR count). The molecule has 0 aliphatic heterocycles. The van der Waals surface area contributed by atoms with E-state index in [1.807, 2.05) is 30.3 Å². The van der Waals surface area contributed by atoms with Crippen LogP contribution in [0.3, 0.4) is 0 Å². The maximum atomic E-state index is 13.6. The van der Waals surface area contributed by atoms with Gasteiger partial charge in [-0.05, 0) is 60.7 Å². The molecule has 0 saturated heterocycles. The van der Waals surface area contributed by atoms with Crippen LogP contribution >= 0.6 is 23.2 Å². The van der Waals surface area contributed by atoms with E-state index in [1.54, 1.807) is 23.0 Å². The SMILES string of the molecule is C=CCNC(=O)/C(=C/c1cn(-c2ccccc2)nc1-c1ccc(F)cc1)NC(=O)c1ccc(Cl)cc1Cl. The second kappa shape index (κ2) is 11.7. The van der Waals surface area contributed by atoms with Gasteiger partial charge >= 0.3 is 0 Å². The Bertz CT molecular complexity index is 1480. The third kappa shape index (κ3) is 6.33. The Kier molecular flexibility index (Phi) is 8.18. The van der Waals surface area contributed by atoms with Crippen molar-refractivity contribution in [3.63, 3.8) is 0 Å². The Hall–Kier alpha value is -4.20. The summed E-state index contributed by atoms with van der Waals surface area (Å²) < 4.78 is 15.2. The van der Waals surface area contributed by atoms with Gasteiger partial charge in [0, 0.05) is 28.9 Å². The third-order valence-corrected chi connectivity index (χ3v) is 5.80. The van der Waals surface area contributed by atoms with Crippen LogP contribution in [0.25, 0.3) is 23.0 Å². The predicted molar refractivity (Wildman–Crippen MR) is 144 cm³/mol. The molecule has 0 aliphatic carbocycles. The molecular weight excluding hydrogens is 514 g/mol. The summed E-state index contributed by atoms with van der Waals surface area (Å²) in [6.45, 7) is 3.79. The van der Waals surface area contributed by atoms with Crippen molar-refractivity contribution in [2.24, 2.45) is 0 Å². The zero-order valence-electron chi connectivity index (χ0n) is 19.4. The van der Waals surface area contributed by atoms with Crippen molar-refractivity contribution in [3.8, 4) is 16.9 Å². The molecule has 37 heavy (non-hydrogen) atoms. The molecule has 1 heterocycles. The molecule has 186 valence electrons. The lowest BCUT2D eigenvalue weighted by Gasteiger charge is -2.11. The van der Waals surface area contributed by atoms with E-state index >= 15 is 0 Å². The number of nitrogens with zero attached hydrogens (tertiary/aromatic N) is 2. The second-order valence-corrected chi connectivity index (χ2v) is 8.70. The molecule has 0 atom stereocenters. The van der Waals surface area contributed by atoms with Gasteiger partial charge in [-0.15, -0.1) is 6.58 Å². The molecule has 0 unspecified atom stereocenters. The Morgan fingerprint density at radius 2 is 1.76 bits per heavy atom. The summed E-state index contributed by atoms with van der Waals surface area (Å²) in [6, 6.07) is 19.6. The number of amides is 2. The smallest absolute Gasteiger partial charge is 0.268 e. The Balaban J connectivity index is 1.80. The molecule has 1 aromatic heterocycles. The quantitative estimate of drug-likeness (QED) is 0.213. The van der Waals surface area contributed by atoms with Gasteiger partial charge < -0.3 is 10.6 Å². The highest BCUT2D eigenvalue weighted by Gasteiger charge is 2.19. The van der Waals surface area contributed by atoms with Crippen LogP contribution in [0.2, 0.25) is 10.0 Å². The average Bonchev–Trinajstić information content (AvgIpc) is 3.31. The number of carbonyl (C=O) groups excluding carboxylic acids is 2. The van der Waals surface area contributed by atoms with E-state index in [9.17, 15) is 14.0 Å². The van der Waals surface area contributed by atoms with Crippen molar-refractivity contribution in [3.05, 3.63) is 124 Å². The lowest BCUT2D eigenvalue weighted by atomic mass is 10.1. The number of hydrogen-bond donors (Lipinski definition) is 2. The zero-order valence-corrected chi connectivity index (χ0v) is 20.9. The molecule has 0 radical (unpaired) electrons. The maximum Gasteiger partial charge on any atom is 0.268 e. The van der Waals surface area contributed by atoms with Crippen molar-refractivity contribution in [1.29, 1.82) is 0 Å². The first-order chi connectivity index (χ1) is 17.9. The topological polar surface area (TPSA) is 76.0 Å². The molecule has 0 bridgehead atoms. The van der Waals surface area contributed by atoms with Gasteiger partial charge in [-0.2, -0.15) is 5.10 Å². The van der Waals surface area contributed by atoms with Gasteiger partial charge in [0.15, 0.2) is 0 Å². The summed E-state index contributed by atoms with van der Waals surface area (Å²) in [5.41, 5.74) is 2.50. The fourth-order valence-corrected chi connectivity index (χ4v) is 3.97. The number of carbonyl (C=O) groups is 2. The van der Waals surface area contributed by atoms with Gasteiger partial charge in [0.1, 0.15) is 17.2 Å². The minimum absolute atomic E-state index is 0.0474. The van der Waals surface area contributed by atoms with Crippen LogP contribution in [0.4, 0.5) is 4.39 Å². The highest BCUT2D eigenvalue weighted by atomic mass is 35.5. The molecule has 4 aromatic rings. The van der Waals surface area contributed by atoms with Crippen LogP contribution in [-0.2, 0) is 4.79 Å². The fourth-order valence-electron chi connectivity index (χ4n) is 3.48. The first-order valence-corrected chi connectivity index (χ1v) is 11.9. The van der Waals surface area contributed by atoms with E-state index in [2.05, 4.69) is 22.3 Å². The summed E-state index contributed by atoms with van der Waals surface area (Å²) in [7, 11) is 0. The average molecular weight is 535 g/mol. The number of para-hydroxylation sites is 1. The number of benzene rings is 3. The van der Waals surface area contributed by atoms with Gasteiger partial charge in [0.05, 0.1) is 16.3 Å². The van der Waals surface area contributed by atoms with Crippen molar-refractivity contribution in [1.82, 2.24) is 20.4 Å². The van der Waals surface area contributed by atoms with E-state index < -0.39 is 11.8 Å². The van der Waals surface area contributed by atoms with Crippen LogP contribution in [0, 0.1) is 5.82 Å². The minimum atomic E-state index is -0.597. The van der Waals surface area contributed by atoms with E-state index in [-0.39, 0.29) is 28.6 Å². The predicted octanol–water partition coefficient (Wildman–Crippen LogP) is 6.06. The molecule has 0 fully saturated rings. The van der Waals surface area contributed by atoms with Crippen molar-refractivity contribution >= 4 is 41.1 Å². The Morgan fingerprint density at radius 1 is 1.03 bits per heavy atom. The third-order valence-electron chi connectivity index (χ3n) is 5.26. The molecule has 0 spiro atoms. The van der Waals surface area contributed by atoms with Crippen LogP contribution in [0.15, 0.2) is 97.3 Å². The minimum Gasteiger partial charge on any atom is -0.347 e. The van der Waals surface area contributed by atoms with E-state index in [4.69, 9.17) is 23.2 Å². The highest BCUT2D eigenvalue weighted by molar-refractivity contribution is 6.36. The molecule has 2 amide bonds. The van der Waals surface area contributed by atoms with Crippen LogP contribution in [0.1, 0.15) is 15.9 Å². The Labute approximate surface area is 223 Å². The van der Waals surface area contributed by atoms with Crippen molar-refractivity contribution in [2.45, 2.75) is 0 Å². The first kappa shape index (κ1) is 25.9. The first-order valence-electron chi connectivity index (χ1n) is 11.1. The van der Waals surface area contributed by atoms with Crippen LogP contribution < -0.4 is 10.6 Å². The summed E-state index contributed by atoms with van der Waals surface area (Å²) in [5.74, 6) is -1.53. The monoisotopic (exact) mass is 534 g/mol. The van der Waals surface area contributed by atoms with Gasteiger partial charge in [0.2, 0.25) is 0 Å². The number of nitrogens with one attached hydrogen (secondary N) is 2. The van der Waals surface area contributed by atoms with E-state index in [1.165, 1.54) is 42.5 Å². The van der Waals surface area contributed by atoms with Crippen LogP contribution in [0.5, 0.6) is 0 Å². The Morgan fingerprint density at radius 3 is 2.43 bits per heavy atom. The summed E-state index contributed by atoms with van der Waals surface area (Å²) >= 11 is 12.1. The summed E-state index contributed by atoms with van der Waals surface area (Å²) in [4.78, 5) is 26.0. The highest BCUT2D eigenvalue weighted by Crippen LogP contribution is 2.26. The van der Waals surface area contributed by atoms with Crippen LogP contribution in [-0.4, -0.2) is 28.1 Å². The maximum absolute atomic E-state index is 13.6. The van der Waals surface area contributed by atoms with Crippen molar-refractivity contribution in [2.75, 3.05) is 6.54 Å². The summed E-state index contributed by atoms with van der Waals surface area (Å²) in [5, 5.41) is 10.5. The standard InChI is InChI=1S/C28H21Cl2FN4O2/c1-2-14-32-28(37)25(33-27(36)23-13-10-20(29)16-24(23)30)15-19-17-35(22-6-4-3-5-7-22)34-26(19)18-8-11-21(31)12-9-18/h2-13,15-17H,1,14H2,(H,32,37)(H,33,36)/b25-15-. The van der Waals surface area contributed by atoms with E-state index in [0.717, 1.165) is 5.69 Å². The zero-order chi connectivity index (χ0) is 26.4. The fraction of sp³-hybridized carbons (Fsp3) is 0.0357. The lowest BCUT2D eigenvalue weighted by Crippen LogP contribution is -2.35. The lowest BCUT2D eigenvalue weighted by molar-refractivity contribution is -0.117.